The van der Waals surface area contributed by atoms with Gasteiger partial charge in [-0.1, -0.05) is 12.2 Å². The lowest BCUT2D eigenvalue weighted by Gasteiger charge is -2.20. The molecule has 0 unspecified atom stereocenters. The molecule has 4 N–H and O–H groups in total. The van der Waals surface area contributed by atoms with Crippen molar-refractivity contribution in [3.8, 4) is 22.6 Å². The summed E-state index contributed by atoms with van der Waals surface area (Å²) in [6.45, 7) is 22.1. The molecule has 0 bridgehead atoms. The molecule has 0 radical (unpaired) electrons. The second kappa shape index (κ2) is 15.8. The summed E-state index contributed by atoms with van der Waals surface area (Å²) in [5.74, 6) is 0.761. The smallest absolute Gasteiger partial charge is 0.127 e. The predicted octanol–water partition coefficient (Wildman–Crippen LogP) is -2.92. The van der Waals surface area contributed by atoms with Gasteiger partial charge in [0.15, 0.2) is 0 Å². The van der Waals surface area contributed by atoms with E-state index < -0.39 is 0 Å². The Hall–Kier alpha value is -1.98. The average Bonchev–Trinajstić information content (AvgIpc) is 2.80. The molecule has 0 heterocycles. The van der Waals surface area contributed by atoms with Gasteiger partial charge in [-0.25, -0.2) is 0 Å². The number of allylic oxidation sites excluding steroid dienone is 2. The monoisotopic (exact) mass is 508 g/mol. The third kappa shape index (κ3) is 8.06. The molecular formula is C28H42Cl2N2O2. The SMILES string of the molecule is C=CCc1cc(-c2cc(CC=C)c(O)c(C[NH+](CC)CC)c2)cc(C[NH+](CC)CC)c1O.[Cl-].[Cl-]. The summed E-state index contributed by atoms with van der Waals surface area (Å²) in [7, 11) is 0. The number of benzene rings is 2. The highest BCUT2D eigenvalue weighted by molar-refractivity contribution is 5.70. The zero-order valence-electron chi connectivity index (χ0n) is 21.2. The minimum Gasteiger partial charge on any atom is -1.00 e. The maximum Gasteiger partial charge on any atom is 0.127 e. The Morgan fingerprint density at radius 1 is 0.618 bits per heavy atom. The minimum atomic E-state index is 0. The molecular weight excluding hydrogens is 467 g/mol. The normalized spacial score (nSPS) is 10.6. The van der Waals surface area contributed by atoms with Crippen LogP contribution in [0, 0.1) is 0 Å². The Bertz CT molecular complexity index is 848. The van der Waals surface area contributed by atoms with Crippen LogP contribution >= 0.6 is 0 Å². The van der Waals surface area contributed by atoms with Gasteiger partial charge in [0.1, 0.15) is 24.6 Å². The summed E-state index contributed by atoms with van der Waals surface area (Å²) in [5, 5.41) is 21.9. The Morgan fingerprint density at radius 3 is 1.18 bits per heavy atom. The van der Waals surface area contributed by atoms with Crippen molar-refractivity contribution in [3.05, 3.63) is 71.8 Å². The molecule has 34 heavy (non-hydrogen) atoms. The van der Waals surface area contributed by atoms with Crippen LogP contribution < -0.4 is 34.6 Å². The number of rotatable bonds is 13. The highest BCUT2D eigenvalue weighted by Gasteiger charge is 2.18. The van der Waals surface area contributed by atoms with Crippen molar-refractivity contribution in [2.24, 2.45) is 0 Å². The second-order valence-electron chi connectivity index (χ2n) is 8.54. The molecule has 0 atom stereocenters. The van der Waals surface area contributed by atoms with E-state index >= 15 is 0 Å². The van der Waals surface area contributed by atoms with Crippen LogP contribution in [-0.4, -0.2) is 36.4 Å². The fourth-order valence-electron chi connectivity index (χ4n) is 4.28. The van der Waals surface area contributed by atoms with Crippen LogP contribution in [0.2, 0.25) is 0 Å². The molecule has 0 aliphatic carbocycles. The van der Waals surface area contributed by atoms with E-state index in [-0.39, 0.29) is 24.8 Å². The molecule has 0 saturated carbocycles. The van der Waals surface area contributed by atoms with Crippen LogP contribution in [0.25, 0.3) is 11.1 Å². The maximum atomic E-state index is 10.9. The molecule has 2 aromatic rings. The lowest BCUT2D eigenvalue weighted by molar-refractivity contribution is -0.910. The molecule has 2 aromatic carbocycles. The Kier molecular flexibility index (Phi) is 14.9. The maximum absolute atomic E-state index is 10.9. The average molecular weight is 510 g/mol. The van der Waals surface area contributed by atoms with Crippen molar-refractivity contribution in [2.75, 3.05) is 26.2 Å². The van der Waals surface area contributed by atoms with Crippen molar-refractivity contribution in [1.29, 1.82) is 0 Å². The van der Waals surface area contributed by atoms with Gasteiger partial charge in [-0.3, -0.25) is 0 Å². The van der Waals surface area contributed by atoms with E-state index in [1.54, 1.807) is 0 Å². The van der Waals surface area contributed by atoms with Gasteiger partial charge >= 0.3 is 0 Å². The number of aromatic hydroxyl groups is 2. The van der Waals surface area contributed by atoms with Crippen molar-refractivity contribution in [1.82, 2.24) is 0 Å². The van der Waals surface area contributed by atoms with Crippen molar-refractivity contribution >= 4 is 0 Å². The largest absolute Gasteiger partial charge is 1.00 e. The van der Waals surface area contributed by atoms with E-state index in [1.807, 2.05) is 12.2 Å². The quantitative estimate of drug-likeness (QED) is 0.219. The zero-order chi connectivity index (χ0) is 23.7. The topological polar surface area (TPSA) is 49.3 Å². The van der Waals surface area contributed by atoms with Gasteiger partial charge in [0.05, 0.1) is 26.2 Å². The van der Waals surface area contributed by atoms with Crippen LogP contribution in [0.1, 0.15) is 49.9 Å². The van der Waals surface area contributed by atoms with E-state index in [0.717, 1.165) is 72.6 Å². The zero-order valence-corrected chi connectivity index (χ0v) is 22.7. The third-order valence-electron chi connectivity index (χ3n) is 6.48. The molecule has 0 fully saturated rings. The fraction of sp³-hybridized carbons (Fsp3) is 0.429. The van der Waals surface area contributed by atoms with E-state index in [9.17, 15) is 10.2 Å². The number of hydrogen-bond donors (Lipinski definition) is 4. The van der Waals surface area contributed by atoms with Gasteiger partial charge in [-0.05, 0) is 87.1 Å². The molecule has 0 saturated heterocycles. The van der Waals surface area contributed by atoms with Crippen molar-refractivity contribution in [2.45, 2.75) is 53.6 Å². The first-order valence-electron chi connectivity index (χ1n) is 12.0. The second-order valence-corrected chi connectivity index (χ2v) is 8.54. The number of quaternary nitrogens is 2. The Morgan fingerprint density at radius 2 is 0.912 bits per heavy atom. The van der Waals surface area contributed by atoms with E-state index in [4.69, 9.17) is 0 Å². The molecule has 6 heteroatoms. The summed E-state index contributed by atoms with van der Waals surface area (Å²) >= 11 is 0. The summed E-state index contributed by atoms with van der Waals surface area (Å²) < 4.78 is 0. The van der Waals surface area contributed by atoms with E-state index in [2.05, 4.69) is 65.1 Å². The summed E-state index contributed by atoms with van der Waals surface area (Å²) in [5.41, 5.74) is 5.87. The van der Waals surface area contributed by atoms with Crippen LogP contribution in [0.4, 0.5) is 0 Å². The highest BCUT2D eigenvalue weighted by atomic mass is 35.5. The Balaban J connectivity index is 0.00000544. The van der Waals surface area contributed by atoms with Gasteiger partial charge < -0.3 is 44.8 Å². The van der Waals surface area contributed by atoms with Gasteiger partial charge in [0.25, 0.3) is 0 Å². The van der Waals surface area contributed by atoms with Crippen molar-refractivity contribution in [3.63, 3.8) is 0 Å². The standard InChI is InChI=1S/C28H40N2O2.2ClH/c1-7-13-21-15-23(17-25(27(21)31)19-29(9-3)10-4)24-16-22(14-8-2)28(32)26(18-24)20-30(11-5)12-6;;/h7-8,15-18,31-32H,1-2,9-14,19-20H2,3-6H3;2*1H. The predicted molar refractivity (Wildman–Crippen MR) is 135 cm³/mol. The van der Waals surface area contributed by atoms with Gasteiger partial charge in [-0.15, -0.1) is 13.2 Å². The third-order valence-corrected chi connectivity index (χ3v) is 6.48. The molecule has 0 amide bonds. The first-order chi connectivity index (χ1) is 15.4. The van der Waals surface area contributed by atoms with Gasteiger partial charge in [0, 0.05) is 11.1 Å². The molecule has 0 spiro atoms. The van der Waals surface area contributed by atoms with Gasteiger partial charge in [-0.2, -0.15) is 0 Å². The molecule has 0 aliphatic rings. The first-order valence-corrected chi connectivity index (χ1v) is 12.0. The number of nitrogens with one attached hydrogen (secondary N) is 2. The molecule has 4 nitrogen and oxygen atoms in total. The molecule has 0 aromatic heterocycles. The summed E-state index contributed by atoms with van der Waals surface area (Å²) in [6.07, 6.45) is 4.91. The summed E-state index contributed by atoms with van der Waals surface area (Å²) in [6, 6.07) is 8.36. The van der Waals surface area contributed by atoms with Crippen molar-refractivity contribution < 1.29 is 44.8 Å². The first kappa shape index (κ1) is 32.0. The lowest BCUT2D eigenvalue weighted by atomic mass is 9.93. The van der Waals surface area contributed by atoms with Gasteiger partial charge in [0.2, 0.25) is 0 Å². The summed E-state index contributed by atoms with van der Waals surface area (Å²) in [4.78, 5) is 2.84. The number of phenols is 2. The lowest BCUT2D eigenvalue weighted by Crippen LogP contribution is -3.10. The van der Waals surface area contributed by atoms with E-state index in [0.29, 0.717) is 24.3 Å². The molecule has 0 aliphatic heterocycles. The van der Waals surface area contributed by atoms with E-state index in [1.165, 1.54) is 9.80 Å². The number of phenolic OH excluding ortho intramolecular Hbond substituents is 2. The van der Waals surface area contributed by atoms with Crippen LogP contribution in [0.3, 0.4) is 0 Å². The fourth-order valence-corrected chi connectivity index (χ4v) is 4.28. The number of halogens is 2. The molecule has 190 valence electrons. The van der Waals surface area contributed by atoms with Crippen LogP contribution in [-0.2, 0) is 25.9 Å². The Labute approximate surface area is 218 Å². The number of hydrogen-bond acceptors (Lipinski definition) is 2. The van der Waals surface area contributed by atoms with Crippen LogP contribution in [0.5, 0.6) is 11.5 Å². The van der Waals surface area contributed by atoms with Crippen LogP contribution in [0.15, 0.2) is 49.6 Å². The minimum absolute atomic E-state index is 0. The molecule has 2 rings (SSSR count). The highest BCUT2D eigenvalue weighted by Crippen LogP contribution is 2.34.